The first kappa shape index (κ1) is 21.6. The van der Waals surface area contributed by atoms with E-state index in [-0.39, 0.29) is 11.4 Å². The van der Waals surface area contributed by atoms with Crippen molar-refractivity contribution in [2.24, 2.45) is 0 Å². The highest BCUT2D eigenvalue weighted by Crippen LogP contribution is 2.24. The Morgan fingerprint density at radius 2 is 1.87 bits per heavy atom. The summed E-state index contributed by atoms with van der Waals surface area (Å²) in [6.07, 6.45) is 1.79. The van der Waals surface area contributed by atoms with Gasteiger partial charge in [0.15, 0.2) is 0 Å². The minimum atomic E-state index is -0.547. The molecule has 0 aliphatic heterocycles. The molecule has 30 heavy (non-hydrogen) atoms. The zero-order chi connectivity index (χ0) is 21.7. The molecule has 3 nitrogen and oxygen atoms in total. The highest BCUT2D eigenvalue weighted by atomic mass is 35.5. The molecule has 0 spiro atoms. The zero-order valence-corrected chi connectivity index (χ0v) is 17.6. The van der Waals surface area contributed by atoms with Crippen molar-refractivity contribution in [1.82, 2.24) is 0 Å². The smallest absolute Gasteiger partial charge is 0.266 e. The lowest BCUT2D eigenvalue weighted by molar-refractivity contribution is -0.112. The van der Waals surface area contributed by atoms with Crippen LogP contribution in [0.2, 0.25) is 10.0 Å². The maximum absolute atomic E-state index is 13.9. The first-order valence-corrected chi connectivity index (χ1v) is 9.84. The van der Waals surface area contributed by atoms with E-state index in [0.717, 1.165) is 11.1 Å². The summed E-state index contributed by atoms with van der Waals surface area (Å²) in [5, 5.41) is 13.0. The summed E-state index contributed by atoms with van der Waals surface area (Å²) in [6, 6.07) is 18.7. The minimum Gasteiger partial charge on any atom is -0.321 e. The molecule has 3 rings (SSSR count). The number of rotatable bonds is 5. The summed E-state index contributed by atoms with van der Waals surface area (Å²) >= 11 is 12.3. The highest BCUT2D eigenvalue weighted by molar-refractivity contribution is 6.31. The molecule has 6 heteroatoms. The largest absolute Gasteiger partial charge is 0.321 e. The van der Waals surface area contributed by atoms with Gasteiger partial charge < -0.3 is 5.32 Å². The van der Waals surface area contributed by atoms with Gasteiger partial charge in [0.25, 0.3) is 5.91 Å². The van der Waals surface area contributed by atoms with Gasteiger partial charge in [0.1, 0.15) is 17.5 Å². The summed E-state index contributed by atoms with van der Waals surface area (Å²) < 4.78 is 13.9. The quantitative estimate of drug-likeness (QED) is 0.361. The van der Waals surface area contributed by atoms with Crippen molar-refractivity contribution in [2.45, 2.75) is 13.3 Å². The number of carbonyl (C=O) groups is 1. The second kappa shape index (κ2) is 9.58. The fraction of sp³-hybridized carbons (Fsp3) is 0.0833. The van der Waals surface area contributed by atoms with Gasteiger partial charge in [-0.05, 0) is 59.5 Å². The van der Waals surface area contributed by atoms with Gasteiger partial charge in [0, 0.05) is 22.2 Å². The molecule has 0 heterocycles. The van der Waals surface area contributed by atoms with E-state index in [1.165, 1.54) is 12.1 Å². The van der Waals surface area contributed by atoms with Crippen LogP contribution < -0.4 is 5.32 Å². The molecule has 1 amide bonds. The van der Waals surface area contributed by atoms with Crippen LogP contribution >= 0.6 is 23.2 Å². The van der Waals surface area contributed by atoms with E-state index in [4.69, 9.17) is 23.2 Å². The molecular weight excluding hydrogens is 422 g/mol. The Morgan fingerprint density at radius 1 is 1.10 bits per heavy atom. The number of amides is 1. The number of carbonyl (C=O) groups excluding carboxylic acids is 1. The van der Waals surface area contributed by atoms with Crippen LogP contribution in [-0.4, -0.2) is 5.91 Å². The van der Waals surface area contributed by atoms with Crippen LogP contribution in [0.15, 0.2) is 66.2 Å². The normalized spacial score (nSPS) is 11.1. The number of nitriles is 1. The molecule has 0 atom stereocenters. The van der Waals surface area contributed by atoms with Gasteiger partial charge in [-0.15, -0.1) is 0 Å². The van der Waals surface area contributed by atoms with Gasteiger partial charge in [-0.25, -0.2) is 4.39 Å². The third-order valence-electron chi connectivity index (χ3n) is 4.54. The van der Waals surface area contributed by atoms with Crippen molar-refractivity contribution in [1.29, 1.82) is 5.26 Å². The molecule has 0 fully saturated rings. The van der Waals surface area contributed by atoms with Gasteiger partial charge in [-0.2, -0.15) is 5.26 Å². The van der Waals surface area contributed by atoms with Crippen molar-refractivity contribution >= 4 is 40.9 Å². The van der Waals surface area contributed by atoms with Crippen molar-refractivity contribution in [3.8, 4) is 6.07 Å². The lowest BCUT2D eigenvalue weighted by atomic mass is 10.0. The molecule has 1 N–H and O–H groups in total. The first-order valence-electron chi connectivity index (χ1n) is 9.08. The van der Waals surface area contributed by atoms with E-state index < -0.39 is 5.91 Å². The number of benzene rings is 3. The van der Waals surface area contributed by atoms with E-state index in [0.29, 0.717) is 33.3 Å². The fourth-order valence-electron chi connectivity index (χ4n) is 2.88. The number of hydrogen-bond acceptors (Lipinski definition) is 2. The molecule has 0 aromatic heterocycles. The Balaban J connectivity index is 1.81. The summed E-state index contributed by atoms with van der Waals surface area (Å²) in [4.78, 5) is 12.5. The lowest BCUT2D eigenvalue weighted by Gasteiger charge is -2.09. The van der Waals surface area contributed by atoms with Crippen LogP contribution in [0.3, 0.4) is 0 Å². The molecule has 0 saturated carbocycles. The molecule has 3 aromatic rings. The fourth-order valence-corrected chi connectivity index (χ4v) is 3.31. The lowest BCUT2D eigenvalue weighted by Crippen LogP contribution is -2.14. The Bertz CT molecular complexity index is 1180. The van der Waals surface area contributed by atoms with E-state index in [9.17, 15) is 14.4 Å². The molecule has 3 aromatic carbocycles. The number of halogens is 3. The van der Waals surface area contributed by atoms with Gasteiger partial charge in [-0.1, -0.05) is 59.6 Å². The highest BCUT2D eigenvalue weighted by Gasteiger charge is 2.12. The monoisotopic (exact) mass is 438 g/mol. The Hall–Kier alpha value is -3.13. The van der Waals surface area contributed by atoms with Crippen LogP contribution in [0.5, 0.6) is 0 Å². The van der Waals surface area contributed by atoms with E-state index in [1.807, 2.05) is 13.0 Å². The average molecular weight is 439 g/mol. The maximum Gasteiger partial charge on any atom is 0.266 e. The molecule has 0 aliphatic rings. The molecular formula is C24H17Cl2FN2O. The standard InChI is InChI=1S/C24H17Cl2FN2O/c1-15-6-9-20(25)13-23(15)29-24(30)19(14-28)10-16-7-8-17(21(26)11-16)12-18-4-2-3-5-22(18)27/h2-11,13H,12H2,1H3,(H,29,30)/b19-10+. The van der Waals surface area contributed by atoms with Crippen LogP contribution in [0.1, 0.15) is 22.3 Å². The Kier molecular flexibility index (Phi) is 6.89. The van der Waals surface area contributed by atoms with Crippen molar-refractivity contribution in [2.75, 3.05) is 5.32 Å². The number of aryl methyl sites for hydroxylation is 1. The summed E-state index contributed by atoms with van der Waals surface area (Å²) in [7, 11) is 0. The van der Waals surface area contributed by atoms with Gasteiger partial charge >= 0.3 is 0 Å². The Labute approximate surface area is 184 Å². The third kappa shape index (κ3) is 5.27. The van der Waals surface area contributed by atoms with E-state index in [1.54, 1.807) is 54.6 Å². The van der Waals surface area contributed by atoms with Crippen molar-refractivity contribution in [3.63, 3.8) is 0 Å². The molecule has 0 unspecified atom stereocenters. The van der Waals surface area contributed by atoms with Gasteiger partial charge in [0.05, 0.1) is 0 Å². The molecule has 0 radical (unpaired) electrons. The van der Waals surface area contributed by atoms with Gasteiger partial charge in [-0.3, -0.25) is 4.79 Å². The molecule has 0 bridgehead atoms. The van der Waals surface area contributed by atoms with Gasteiger partial charge in [0.2, 0.25) is 0 Å². The van der Waals surface area contributed by atoms with Crippen LogP contribution in [0.25, 0.3) is 6.08 Å². The predicted molar refractivity (Wildman–Crippen MR) is 119 cm³/mol. The summed E-state index contributed by atoms with van der Waals surface area (Å²) in [6.45, 7) is 1.83. The first-order chi connectivity index (χ1) is 14.4. The minimum absolute atomic E-state index is 0.0766. The second-order valence-electron chi connectivity index (χ2n) is 6.70. The average Bonchev–Trinajstić information content (AvgIpc) is 2.72. The zero-order valence-electron chi connectivity index (χ0n) is 16.0. The molecule has 0 aliphatic carbocycles. The van der Waals surface area contributed by atoms with Crippen LogP contribution in [0, 0.1) is 24.1 Å². The molecule has 150 valence electrons. The SMILES string of the molecule is Cc1ccc(Cl)cc1NC(=O)/C(C#N)=C/c1ccc(Cc2ccccc2F)c(Cl)c1. The second-order valence-corrected chi connectivity index (χ2v) is 7.55. The predicted octanol–water partition coefficient (Wildman–Crippen LogP) is 6.58. The maximum atomic E-state index is 13.9. The Morgan fingerprint density at radius 3 is 2.57 bits per heavy atom. The van der Waals surface area contributed by atoms with Crippen molar-refractivity contribution in [3.05, 3.63) is 104 Å². The van der Waals surface area contributed by atoms with Crippen LogP contribution in [-0.2, 0) is 11.2 Å². The number of nitrogens with zero attached hydrogens (tertiary/aromatic N) is 1. The van der Waals surface area contributed by atoms with Crippen molar-refractivity contribution < 1.29 is 9.18 Å². The van der Waals surface area contributed by atoms with E-state index in [2.05, 4.69) is 5.32 Å². The number of anilines is 1. The number of nitrogens with one attached hydrogen (secondary N) is 1. The summed E-state index contributed by atoms with van der Waals surface area (Å²) in [5.41, 5.74) is 3.16. The topological polar surface area (TPSA) is 52.9 Å². The van der Waals surface area contributed by atoms with Crippen LogP contribution in [0.4, 0.5) is 10.1 Å². The summed E-state index contributed by atoms with van der Waals surface area (Å²) in [5.74, 6) is -0.841. The molecule has 0 saturated heterocycles. The van der Waals surface area contributed by atoms with E-state index >= 15 is 0 Å². The third-order valence-corrected chi connectivity index (χ3v) is 5.13. The number of hydrogen-bond donors (Lipinski definition) is 1.